The highest BCUT2D eigenvalue weighted by Crippen LogP contribution is 2.27. The van der Waals surface area contributed by atoms with Gasteiger partial charge in [-0.2, -0.15) is 11.3 Å². The Balaban J connectivity index is 1.75. The van der Waals surface area contributed by atoms with Crippen molar-refractivity contribution in [2.24, 2.45) is 5.73 Å². The Morgan fingerprint density at radius 1 is 1.08 bits per heavy atom. The van der Waals surface area contributed by atoms with Gasteiger partial charge in [-0.05, 0) is 52.7 Å². The maximum atomic E-state index is 12.6. The van der Waals surface area contributed by atoms with Crippen molar-refractivity contribution in [3.05, 3.63) is 82.0 Å². The van der Waals surface area contributed by atoms with E-state index in [2.05, 4.69) is 16.8 Å². The lowest BCUT2D eigenvalue weighted by Crippen LogP contribution is -2.15. The molecule has 0 saturated heterocycles. The summed E-state index contributed by atoms with van der Waals surface area (Å²) in [5.41, 5.74) is 8.02. The lowest BCUT2D eigenvalue weighted by atomic mass is 10.1. The Kier molecular flexibility index (Phi) is 5.53. The molecular weight excluding hydrogens is 352 g/mol. The third kappa shape index (κ3) is 4.49. The molecule has 0 unspecified atom stereocenters. The van der Waals surface area contributed by atoms with E-state index in [1.54, 1.807) is 53.4 Å². The number of amides is 2. The van der Waals surface area contributed by atoms with Crippen LogP contribution < -0.4 is 11.1 Å². The van der Waals surface area contributed by atoms with Crippen molar-refractivity contribution in [1.29, 1.82) is 0 Å². The predicted molar refractivity (Wildman–Crippen MR) is 103 cm³/mol. The van der Waals surface area contributed by atoms with Crippen LogP contribution in [-0.2, 0) is 5.75 Å². The second kappa shape index (κ2) is 8.00. The Labute approximate surface area is 154 Å². The Bertz CT molecular complexity index is 892. The number of primary amides is 1. The van der Waals surface area contributed by atoms with Crippen LogP contribution in [-0.4, -0.2) is 11.8 Å². The lowest BCUT2D eigenvalue weighted by molar-refractivity contribution is 0.0995. The smallest absolute Gasteiger partial charge is 0.256 e. The molecule has 2 amide bonds. The van der Waals surface area contributed by atoms with Crippen molar-refractivity contribution in [3.63, 3.8) is 0 Å². The molecule has 0 atom stereocenters. The normalized spacial score (nSPS) is 10.4. The van der Waals surface area contributed by atoms with Crippen LogP contribution in [0.3, 0.4) is 0 Å². The molecule has 0 fully saturated rings. The maximum Gasteiger partial charge on any atom is 0.256 e. The fraction of sp³-hybridized carbons (Fsp3) is 0.0526. The van der Waals surface area contributed by atoms with Crippen LogP contribution in [0, 0.1) is 0 Å². The number of rotatable bonds is 6. The molecule has 0 aliphatic rings. The van der Waals surface area contributed by atoms with Crippen LogP contribution in [0.1, 0.15) is 26.3 Å². The number of carbonyl (C=O) groups excluding carboxylic acids is 2. The van der Waals surface area contributed by atoms with Gasteiger partial charge in [0.2, 0.25) is 5.91 Å². The minimum absolute atomic E-state index is 0.213. The van der Waals surface area contributed by atoms with Crippen molar-refractivity contribution in [2.75, 3.05) is 5.32 Å². The number of benzene rings is 2. The van der Waals surface area contributed by atoms with Gasteiger partial charge < -0.3 is 11.1 Å². The van der Waals surface area contributed by atoms with Gasteiger partial charge in [0.15, 0.2) is 0 Å². The van der Waals surface area contributed by atoms with Gasteiger partial charge in [0.05, 0.1) is 5.56 Å². The van der Waals surface area contributed by atoms with Crippen molar-refractivity contribution in [1.82, 2.24) is 0 Å². The summed E-state index contributed by atoms with van der Waals surface area (Å²) in [5, 5.41) is 6.97. The minimum Gasteiger partial charge on any atom is -0.366 e. The van der Waals surface area contributed by atoms with E-state index in [1.807, 2.05) is 23.6 Å². The second-order valence-electron chi connectivity index (χ2n) is 5.32. The highest BCUT2D eigenvalue weighted by Gasteiger charge is 2.12. The van der Waals surface area contributed by atoms with Crippen molar-refractivity contribution < 1.29 is 9.59 Å². The van der Waals surface area contributed by atoms with Gasteiger partial charge in [0.25, 0.3) is 5.91 Å². The van der Waals surface area contributed by atoms with Crippen molar-refractivity contribution in [3.8, 4) is 0 Å². The van der Waals surface area contributed by atoms with E-state index in [-0.39, 0.29) is 5.91 Å². The van der Waals surface area contributed by atoms with E-state index >= 15 is 0 Å². The Morgan fingerprint density at radius 3 is 2.68 bits per heavy atom. The third-order valence-corrected chi connectivity index (χ3v) is 5.39. The molecular formula is C19H16N2O2S2. The van der Waals surface area contributed by atoms with E-state index in [4.69, 9.17) is 5.73 Å². The van der Waals surface area contributed by atoms with Crippen molar-refractivity contribution >= 4 is 40.6 Å². The fourth-order valence-electron chi connectivity index (χ4n) is 2.26. The fourth-order valence-corrected chi connectivity index (χ4v) is 4.03. The molecule has 0 aliphatic heterocycles. The number of carbonyl (C=O) groups is 2. The zero-order valence-corrected chi connectivity index (χ0v) is 14.9. The largest absolute Gasteiger partial charge is 0.366 e. The molecule has 0 spiro atoms. The molecule has 3 rings (SSSR count). The lowest BCUT2D eigenvalue weighted by Gasteiger charge is -2.10. The topological polar surface area (TPSA) is 72.2 Å². The van der Waals surface area contributed by atoms with Gasteiger partial charge in [-0.3, -0.25) is 9.59 Å². The first-order valence-corrected chi connectivity index (χ1v) is 9.50. The standard InChI is InChI=1S/C19H16N2O2S2/c20-18(22)14-4-3-5-15(10-14)21-19(23)16-6-1-2-7-17(16)25-12-13-8-9-24-11-13/h1-11H,12H2,(H2,20,22)(H,21,23). The van der Waals surface area contributed by atoms with Crippen LogP contribution in [0.2, 0.25) is 0 Å². The van der Waals surface area contributed by atoms with Crippen molar-refractivity contribution in [2.45, 2.75) is 10.6 Å². The minimum atomic E-state index is -0.525. The van der Waals surface area contributed by atoms with E-state index in [0.717, 1.165) is 10.6 Å². The molecule has 1 aromatic heterocycles. The first kappa shape index (κ1) is 17.3. The number of thioether (sulfide) groups is 1. The van der Waals surface area contributed by atoms with Crippen LogP contribution in [0.4, 0.5) is 5.69 Å². The molecule has 6 heteroatoms. The average molecular weight is 368 g/mol. The summed E-state index contributed by atoms with van der Waals surface area (Å²) in [7, 11) is 0. The highest BCUT2D eigenvalue weighted by atomic mass is 32.2. The predicted octanol–water partition coefficient (Wildman–Crippen LogP) is 4.39. The maximum absolute atomic E-state index is 12.6. The summed E-state index contributed by atoms with van der Waals surface area (Å²) in [5.74, 6) is 0.0724. The summed E-state index contributed by atoms with van der Waals surface area (Å²) >= 11 is 3.28. The summed E-state index contributed by atoms with van der Waals surface area (Å²) in [6.07, 6.45) is 0. The number of nitrogens with one attached hydrogen (secondary N) is 1. The van der Waals surface area contributed by atoms with Gasteiger partial charge in [-0.25, -0.2) is 0 Å². The summed E-state index contributed by atoms with van der Waals surface area (Å²) in [6.45, 7) is 0. The first-order chi connectivity index (χ1) is 12.1. The summed E-state index contributed by atoms with van der Waals surface area (Å²) in [4.78, 5) is 24.8. The van der Waals surface area contributed by atoms with Crippen LogP contribution in [0.5, 0.6) is 0 Å². The van der Waals surface area contributed by atoms with Crippen LogP contribution >= 0.6 is 23.1 Å². The van der Waals surface area contributed by atoms with Crippen LogP contribution in [0.15, 0.2) is 70.3 Å². The molecule has 0 saturated carbocycles. The highest BCUT2D eigenvalue weighted by molar-refractivity contribution is 7.98. The van der Waals surface area contributed by atoms with E-state index < -0.39 is 5.91 Å². The number of thiophene rings is 1. The zero-order chi connectivity index (χ0) is 17.6. The Hall–Kier alpha value is -2.57. The molecule has 4 nitrogen and oxygen atoms in total. The molecule has 3 N–H and O–H groups in total. The van der Waals surface area contributed by atoms with E-state index in [1.165, 1.54) is 5.56 Å². The molecule has 25 heavy (non-hydrogen) atoms. The molecule has 0 aliphatic carbocycles. The Morgan fingerprint density at radius 2 is 1.92 bits per heavy atom. The molecule has 1 heterocycles. The molecule has 3 aromatic rings. The first-order valence-electron chi connectivity index (χ1n) is 7.57. The van der Waals surface area contributed by atoms with Gasteiger partial charge in [-0.15, -0.1) is 11.8 Å². The SMILES string of the molecule is NC(=O)c1cccc(NC(=O)c2ccccc2SCc2ccsc2)c1. The number of anilines is 1. The summed E-state index contributed by atoms with van der Waals surface area (Å²) < 4.78 is 0. The molecule has 0 bridgehead atoms. The quantitative estimate of drug-likeness (QED) is 0.634. The second-order valence-corrected chi connectivity index (χ2v) is 7.11. The average Bonchev–Trinajstić information content (AvgIpc) is 3.14. The number of nitrogens with two attached hydrogens (primary N) is 1. The van der Waals surface area contributed by atoms with E-state index in [9.17, 15) is 9.59 Å². The summed E-state index contributed by atoms with van der Waals surface area (Å²) in [6, 6.07) is 16.2. The monoisotopic (exact) mass is 368 g/mol. The van der Waals surface area contributed by atoms with E-state index in [0.29, 0.717) is 16.8 Å². The molecule has 0 radical (unpaired) electrons. The van der Waals surface area contributed by atoms with Gasteiger partial charge in [0, 0.05) is 21.9 Å². The van der Waals surface area contributed by atoms with Crippen LogP contribution in [0.25, 0.3) is 0 Å². The molecule has 2 aromatic carbocycles. The number of hydrogen-bond acceptors (Lipinski definition) is 4. The third-order valence-electron chi connectivity index (χ3n) is 3.51. The molecule has 126 valence electrons. The van der Waals surface area contributed by atoms with Gasteiger partial charge in [-0.1, -0.05) is 18.2 Å². The van der Waals surface area contributed by atoms with Gasteiger partial charge >= 0.3 is 0 Å². The zero-order valence-electron chi connectivity index (χ0n) is 13.3. The van der Waals surface area contributed by atoms with Gasteiger partial charge in [0.1, 0.15) is 0 Å². The number of hydrogen-bond donors (Lipinski definition) is 2.